The molecule has 2 saturated carbocycles. The van der Waals surface area contributed by atoms with E-state index in [4.69, 9.17) is 10.2 Å². The molecule has 0 bridgehead atoms. The molecule has 0 atom stereocenters. The summed E-state index contributed by atoms with van der Waals surface area (Å²) in [4.78, 5) is 21.7. The fourth-order valence-corrected chi connectivity index (χ4v) is 3.07. The Morgan fingerprint density at radius 3 is 1.20 bits per heavy atom. The Kier molecular flexibility index (Phi) is 5.09. The first kappa shape index (κ1) is 14.9. The van der Waals surface area contributed by atoms with Crippen LogP contribution in [0.4, 0.5) is 0 Å². The van der Waals surface area contributed by atoms with Crippen LogP contribution in [-0.4, -0.2) is 34.2 Å². The number of nitrogens with zero attached hydrogens (tertiary/aromatic N) is 2. The molecule has 0 radical (unpaired) electrons. The van der Waals surface area contributed by atoms with Gasteiger partial charge in [-0.1, -0.05) is 0 Å². The summed E-state index contributed by atoms with van der Waals surface area (Å²) in [5.41, 5.74) is 0. The van der Waals surface area contributed by atoms with Crippen molar-refractivity contribution in [3.05, 3.63) is 0 Å². The Morgan fingerprint density at radius 2 is 0.950 bits per heavy atom. The van der Waals surface area contributed by atoms with Gasteiger partial charge in [0.15, 0.2) is 0 Å². The van der Waals surface area contributed by atoms with Crippen molar-refractivity contribution >= 4 is 11.9 Å². The van der Waals surface area contributed by atoms with Crippen molar-refractivity contribution in [1.82, 2.24) is 0 Å². The average molecular weight is 282 g/mol. The third-order valence-corrected chi connectivity index (χ3v) is 4.49. The molecular weight excluding hydrogens is 260 g/mol. The highest BCUT2D eigenvalue weighted by molar-refractivity contribution is 5.70. The fourth-order valence-electron chi connectivity index (χ4n) is 3.07. The Balaban J connectivity index is 1.72. The summed E-state index contributed by atoms with van der Waals surface area (Å²) in [5, 5.41) is 26.6. The molecule has 2 rings (SSSR count). The van der Waals surface area contributed by atoms with Crippen LogP contribution in [0.3, 0.4) is 0 Å². The highest BCUT2D eigenvalue weighted by Crippen LogP contribution is 2.29. The first-order chi connectivity index (χ1) is 9.56. The summed E-state index contributed by atoms with van der Waals surface area (Å²) in [6.07, 6.45) is 5.93. The highest BCUT2D eigenvalue weighted by atomic mass is 16.4. The minimum Gasteiger partial charge on any atom is -0.481 e. The Hall–Kier alpha value is -1.46. The van der Waals surface area contributed by atoms with Gasteiger partial charge in [0, 0.05) is 0 Å². The summed E-state index contributed by atoms with van der Waals surface area (Å²) in [6, 6.07) is 0.311. The van der Waals surface area contributed by atoms with Crippen molar-refractivity contribution in [3.63, 3.8) is 0 Å². The Labute approximate surface area is 118 Å². The third kappa shape index (κ3) is 4.02. The molecule has 20 heavy (non-hydrogen) atoms. The van der Waals surface area contributed by atoms with E-state index >= 15 is 0 Å². The van der Waals surface area contributed by atoms with Crippen LogP contribution in [0.1, 0.15) is 51.4 Å². The highest BCUT2D eigenvalue weighted by Gasteiger charge is 2.27. The number of hydrogen-bond acceptors (Lipinski definition) is 4. The van der Waals surface area contributed by atoms with Gasteiger partial charge in [-0.2, -0.15) is 10.2 Å². The third-order valence-electron chi connectivity index (χ3n) is 4.49. The molecule has 0 aliphatic heterocycles. The molecule has 0 heterocycles. The molecule has 0 spiro atoms. The van der Waals surface area contributed by atoms with Gasteiger partial charge in [0.2, 0.25) is 0 Å². The molecule has 0 unspecified atom stereocenters. The monoisotopic (exact) mass is 282 g/mol. The molecule has 6 nitrogen and oxygen atoms in total. The summed E-state index contributed by atoms with van der Waals surface area (Å²) in [7, 11) is 0. The smallest absolute Gasteiger partial charge is 0.306 e. The van der Waals surface area contributed by atoms with Crippen molar-refractivity contribution in [1.29, 1.82) is 0 Å². The quantitative estimate of drug-likeness (QED) is 0.774. The Morgan fingerprint density at radius 1 is 0.650 bits per heavy atom. The van der Waals surface area contributed by atoms with Crippen LogP contribution in [0.15, 0.2) is 10.2 Å². The predicted molar refractivity (Wildman–Crippen MR) is 71.6 cm³/mol. The number of hydrogen-bond donors (Lipinski definition) is 2. The van der Waals surface area contributed by atoms with Gasteiger partial charge < -0.3 is 10.2 Å². The van der Waals surface area contributed by atoms with Crippen molar-refractivity contribution in [2.45, 2.75) is 63.5 Å². The molecular formula is C14H22N2O4. The van der Waals surface area contributed by atoms with Gasteiger partial charge in [0.1, 0.15) is 0 Å². The van der Waals surface area contributed by atoms with Gasteiger partial charge in [0.05, 0.1) is 23.9 Å². The maximum absolute atomic E-state index is 10.8. The fraction of sp³-hybridized carbons (Fsp3) is 0.857. The molecule has 6 heteroatoms. The number of carboxylic acid groups (broad SMARTS) is 2. The van der Waals surface area contributed by atoms with E-state index in [2.05, 4.69) is 10.2 Å². The van der Waals surface area contributed by atoms with Crippen LogP contribution < -0.4 is 0 Å². The lowest BCUT2D eigenvalue weighted by atomic mass is 9.86. The van der Waals surface area contributed by atoms with E-state index in [1.54, 1.807) is 0 Å². The van der Waals surface area contributed by atoms with Gasteiger partial charge in [-0.3, -0.25) is 9.59 Å². The zero-order chi connectivity index (χ0) is 14.5. The van der Waals surface area contributed by atoms with Crippen molar-refractivity contribution in [2.75, 3.05) is 0 Å². The van der Waals surface area contributed by atoms with E-state index in [1.165, 1.54) is 0 Å². The van der Waals surface area contributed by atoms with E-state index in [0.29, 0.717) is 25.7 Å². The van der Waals surface area contributed by atoms with E-state index < -0.39 is 11.9 Å². The van der Waals surface area contributed by atoms with E-state index in [0.717, 1.165) is 25.7 Å². The number of aliphatic carboxylic acids is 2. The predicted octanol–water partition coefficient (Wildman–Crippen LogP) is 2.73. The molecule has 0 aromatic rings. The van der Waals surface area contributed by atoms with Crippen LogP contribution in [0, 0.1) is 11.8 Å². The molecule has 2 aliphatic carbocycles. The van der Waals surface area contributed by atoms with Crippen LogP contribution in [0.2, 0.25) is 0 Å². The van der Waals surface area contributed by atoms with Gasteiger partial charge in [0.25, 0.3) is 0 Å². The normalized spacial score (nSPS) is 35.0. The Bertz CT molecular complexity index is 345. The summed E-state index contributed by atoms with van der Waals surface area (Å²) in [6.45, 7) is 0. The average Bonchev–Trinajstić information content (AvgIpc) is 2.46. The lowest BCUT2D eigenvalue weighted by molar-refractivity contribution is -0.143. The molecule has 0 aromatic carbocycles. The molecule has 0 aromatic heterocycles. The maximum Gasteiger partial charge on any atom is 0.306 e. The lowest BCUT2D eigenvalue weighted by Crippen LogP contribution is -2.24. The van der Waals surface area contributed by atoms with Gasteiger partial charge in [-0.25, -0.2) is 0 Å². The van der Waals surface area contributed by atoms with E-state index in [-0.39, 0.29) is 23.9 Å². The minimum atomic E-state index is -0.701. The van der Waals surface area contributed by atoms with Crippen molar-refractivity contribution in [3.8, 4) is 0 Å². The van der Waals surface area contributed by atoms with Crippen molar-refractivity contribution in [2.24, 2.45) is 22.1 Å². The molecule has 112 valence electrons. The maximum atomic E-state index is 10.8. The zero-order valence-corrected chi connectivity index (χ0v) is 11.6. The number of carboxylic acids is 2. The summed E-state index contributed by atoms with van der Waals surface area (Å²) >= 11 is 0. The lowest BCUT2D eigenvalue weighted by Gasteiger charge is -2.25. The second-order valence-corrected chi connectivity index (χ2v) is 5.92. The summed E-state index contributed by atoms with van der Waals surface area (Å²) in [5.74, 6) is -1.83. The largest absolute Gasteiger partial charge is 0.481 e. The molecule has 2 N–H and O–H groups in total. The second kappa shape index (κ2) is 6.81. The van der Waals surface area contributed by atoms with Gasteiger partial charge in [-0.05, 0) is 51.4 Å². The molecule has 0 amide bonds. The van der Waals surface area contributed by atoms with E-state index in [1.807, 2.05) is 0 Å². The molecule has 2 fully saturated rings. The second-order valence-electron chi connectivity index (χ2n) is 5.92. The number of rotatable bonds is 4. The number of carbonyl (C=O) groups is 2. The SMILES string of the molecule is O=C(O)C1CCC(N=NC2CCC(C(=O)O)CC2)CC1. The van der Waals surface area contributed by atoms with Gasteiger partial charge in [-0.15, -0.1) is 0 Å². The molecule has 0 saturated heterocycles. The first-order valence-corrected chi connectivity index (χ1v) is 7.42. The zero-order valence-electron chi connectivity index (χ0n) is 11.6. The first-order valence-electron chi connectivity index (χ1n) is 7.42. The van der Waals surface area contributed by atoms with Crippen LogP contribution in [-0.2, 0) is 9.59 Å². The minimum absolute atomic E-state index is 0.155. The molecule has 2 aliphatic rings. The number of azo groups is 1. The van der Waals surface area contributed by atoms with E-state index in [9.17, 15) is 9.59 Å². The standard InChI is InChI=1S/C14H22N2O4/c17-13(18)9-1-5-11(6-2-9)15-16-12-7-3-10(4-8-12)14(19)20/h9-12H,1-8H2,(H,17,18)(H,19,20). The van der Waals surface area contributed by atoms with Crippen LogP contribution >= 0.6 is 0 Å². The van der Waals surface area contributed by atoms with Crippen LogP contribution in [0.5, 0.6) is 0 Å². The van der Waals surface area contributed by atoms with Gasteiger partial charge >= 0.3 is 11.9 Å². The van der Waals surface area contributed by atoms with Crippen molar-refractivity contribution < 1.29 is 19.8 Å². The topological polar surface area (TPSA) is 99.3 Å². The van der Waals surface area contributed by atoms with Crippen LogP contribution in [0.25, 0.3) is 0 Å². The summed E-state index contributed by atoms with van der Waals surface area (Å²) < 4.78 is 0.